The molecule has 92 valence electrons. The van der Waals surface area contributed by atoms with Crippen molar-refractivity contribution in [2.75, 3.05) is 25.1 Å². The van der Waals surface area contributed by atoms with Crippen molar-refractivity contribution in [1.82, 2.24) is 4.98 Å². The van der Waals surface area contributed by atoms with Crippen molar-refractivity contribution in [1.29, 1.82) is 0 Å². The van der Waals surface area contributed by atoms with Crippen LogP contribution in [0.1, 0.15) is 18.5 Å². The average molecular weight is 251 g/mol. The number of nitrogens with one attached hydrogen (secondary N) is 1. The summed E-state index contributed by atoms with van der Waals surface area (Å²) in [4.78, 5) is 4.66. The molecule has 0 spiro atoms. The summed E-state index contributed by atoms with van der Waals surface area (Å²) in [7, 11) is 0. The zero-order chi connectivity index (χ0) is 12.1. The molecule has 0 saturated carbocycles. The van der Waals surface area contributed by atoms with E-state index in [1.807, 2.05) is 18.2 Å². The topological polar surface area (TPSA) is 60.2 Å². The van der Waals surface area contributed by atoms with E-state index in [9.17, 15) is 0 Å². The van der Waals surface area contributed by atoms with Crippen LogP contribution in [-0.2, 0) is 4.74 Å². The number of anilines is 1. The smallest absolute Gasteiger partial charge is 0.126 e. The van der Waals surface area contributed by atoms with Crippen LogP contribution < -0.4 is 11.1 Å². The molecule has 1 unspecified atom stereocenters. The minimum absolute atomic E-state index is 0.331. The van der Waals surface area contributed by atoms with Crippen LogP contribution in [0.15, 0.2) is 18.2 Å². The molecule has 2 rings (SSSR count). The lowest BCUT2D eigenvalue weighted by Gasteiger charge is -2.09. The second-order valence-electron chi connectivity index (χ2n) is 4.22. The molecule has 5 heteroatoms. The number of hydrogen-bond donors (Lipinski definition) is 2. The van der Waals surface area contributed by atoms with Crippen molar-refractivity contribution in [3.63, 3.8) is 0 Å². The van der Waals surface area contributed by atoms with Crippen LogP contribution in [0.25, 0.3) is 0 Å². The van der Waals surface area contributed by atoms with Gasteiger partial charge in [0.15, 0.2) is 0 Å². The molecule has 0 aliphatic carbocycles. The number of pyridine rings is 1. The van der Waals surface area contributed by atoms with Gasteiger partial charge in [0, 0.05) is 19.8 Å². The number of nitrogens with zero attached hydrogens (tertiary/aromatic N) is 1. The van der Waals surface area contributed by atoms with Crippen molar-refractivity contribution in [3.8, 4) is 0 Å². The fourth-order valence-electron chi connectivity index (χ4n) is 1.89. The first kappa shape index (κ1) is 12.3. The van der Waals surface area contributed by atoms with Gasteiger partial charge in [-0.25, -0.2) is 4.98 Å². The van der Waals surface area contributed by atoms with Crippen molar-refractivity contribution in [2.45, 2.75) is 12.8 Å². The first-order valence-electron chi connectivity index (χ1n) is 5.84. The van der Waals surface area contributed by atoms with E-state index in [-0.39, 0.29) is 0 Å². The van der Waals surface area contributed by atoms with Gasteiger partial charge in [-0.15, -0.1) is 0 Å². The fraction of sp³-hybridized carbons (Fsp3) is 0.500. The molecule has 1 aromatic rings. The first-order chi connectivity index (χ1) is 8.25. The predicted molar refractivity (Wildman–Crippen MR) is 72.2 cm³/mol. The van der Waals surface area contributed by atoms with Crippen LogP contribution in [-0.4, -0.2) is 29.7 Å². The molecule has 0 bridgehead atoms. The summed E-state index contributed by atoms with van der Waals surface area (Å²) in [5.74, 6) is 1.51. The summed E-state index contributed by atoms with van der Waals surface area (Å²) in [6.45, 7) is 2.70. The molecule has 17 heavy (non-hydrogen) atoms. The van der Waals surface area contributed by atoms with Gasteiger partial charge in [0.2, 0.25) is 0 Å². The van der Waals surface area contributed by atoms with E-state index in [4.69, 9.17) is 22.7 Å². The highest BCUT2D eigenvalue weighted by molar-refractivity contribution is 7.80. The van der Waals surface area contributed by atoms with Gasteiger partial charge in [0.25, 0.3) is 0 Å². The maximum Gasteiger partial charge on any atom is 0.126 e. The molecule has 1 aliphatic rings. The Morgan fingerprint density at radius 1 is 1.59 bits per heavy atom. The quantitative estimate of drug-likeness (QED) is 0.778. The Balaban J connectivity index is 1.81. The van der Waals surface area contributed by atoms with E-state index < -0.39 is 0 Å². The van der Waals surface area contributed by atoms with Crippen molar-refractivity contribution >= 4 is 23.0 Å². The van der Waals surface area contributed by atoms with Gasteiger partial charge in [0.05, 0.1) is 5.69 Å². The Morgan fingerprint density at radius 3 is 3.18 bits per heavy atom. The van der Waals surface area contributed by atoms with Gasteiger partial charge in [-0.1, -0.05) is 18.3 Å². The first-order valence-corrected chi connectivity index (χ1v) is 6.25. The van der Waals surface area contributed by atoms with Gasteiger partial charge in [-0.3, -0.25) is 0 Å². The molecule has 3 N–H and O–H groups in total. The molecule has 2 heterocycles. The second kappa shape index (κ2) is 5.93. The molecule has 1 aromatic heterocycles. The number of aromatic nitrogens is 1. The molecular formula is C12H17N3OS. The van der Waals surface area contributed by atoms with Gasteiger partial charge in [0.1, 0.15) is 10.8 Å². The highest BCUT2D eigenvalue weighted by Gasteiger charge is 2.14. The van der Waals surface area contributed by atoms with Gasteiger partial charge in [-0.2, -0.15) is 0 Å². The Morgan fingerprint density at radius 2 is 2.47 bits per heavy atom. The lowest BCUT2D eigenvalue weighted by atomic mass is 10.1. The van der Waals surface area contributed by atoms with Crippen molar-refractivity contribution < 1.29 is 4.74 Å². The zero-order valence-corrected chi connectivity index (χ0v) is 10.5. The fourth-order valence-corrected chi connectivity index (χ4v) is 2.00. The lowest BCUT2D eigenvalue weighted by molar-refractivity contribution is 0.185. The highest BCUT2D eigenvalue weighted by Crippen LogP contribution is 2.16. The third kappa shape index (κ3) is 3.64. The second-order valence-corrected chi connectivity index (χ2v) is 4.66. The SMILES string of the molecule is NC(=S)c1cccc(NCCC2CCOC2)n1. The monoisotopic (exact) mass is 251 g/mol. The summed E-state index contributed by atoms with van der Waals surface area (Å²) < 4.78 is 5.33. The molecule has 1 atom stereocenters. The minimum Gasteiger partial charge on any atom is -0.388 e. The zero-order valence-electron chi connectivity index (χ0n) is 9.69. The average Bonchev–Trinajstić information content (AvgIpc) is 2.82. The van der Waals surface area contributed by atoms with E-state index in [0.717, 1.165) is 32.0 Å². The Labute approximate surface area is 107 Å². The van der Waals surface area contributed by atoms with Crippen LogP contribution >= 0.6 is 12.2 Å². The maximum absolute atomic E-state index is 5.54. The van der Waals surface area contributed by atoms with Crippen molar-refractivity contribution in [2.24, 2.45) is 11.7 Å². The van der Waals surface area contributed by atoms with E-state index in [1.54, 1.807) is 0 Å². The molecular weight excluding hydrogens is 234 g/mol. The molecule has 1 saturated heterocycles. The Hall–Kier alpha value is -1.20. The summed E-state index contributed by atoms with van der Waals surface area (Å²) in [5.41, 5.74) is 6.20. The third-order valence-electron chi connectivity index (χ3n) is 2.88. The van der Waals surface area contributed by atoms with E-state index >= 15 is 0 Å². The molecule has 0 aromatic carbocycles. The van der Waals surface area contributed by atoms with Crippen LogP contribution in [0.2, 0.25) is 0 Å². The summed E-state index contributed by atoms with van der Waals surface area (Å²) in [6.07, 6.45) is 2.28. The number of rotatable bonds is 5. The van der Waals surface area contributed by atoms with Gasteiger partial charge in [-0.05, 0) is 30.9 Å². The summed E-state index contributed by atoms with van der Waals surface area (Å²) in [6, 6.07) is 5.65. The van der Waals surface area contributed by atoms with Gasteiger partial charge < -0.3 is 15.8 Å². The normalized spacial score (nSPS) is 19.2. The van der Waals surface area contributed by atoms with Crippen LogP contribution in [0, 0.1) is 5.92 Å². The number of hydrogen-bond acceptors (Lipinski definition) is 4. The molecule has 1 aliphatic heterocycles. The maximum atomic E-state index is 5.54. The predicted octanol–water partition coefficient (Wildman–Crippen LogP) is 1.55. The standard InChI is InChI=1S/C12H17N3OS/c13-12(17)10-2-1-3-11(15-10)14-6-4-9-5-7-16-8-9/h1-3,9H,4-8H2,(H2,13,17)(H,14,15). The Kier molecular flexibility index (Phi) is 4.28. The lowest BCUT2D eigenvalue weighted by Crippen LogP contribution is -2.14. The third-order valence-corrected chi connectivity index (χ3v) is 3.09. The number of nitrogens with two attached hydrogens (primary N) is 1. The number of ether oxygens (including phenoxy) is 1. The van der Waals surface area contributed by atoms with E-state index in [0.29, 0.717) is 16.6 Å². The summed E-state index contributed by atoms with van der Waals surface area (Å²) in [5, 5.41) is 3.28. The summed E-state index contributed by atoms with van der Waals surface area (Å²) >= 11 is 4.89. The Bertz CT molecular complexity index is 391. The molecule has 0 amide bonds. The largest absolute Gasteiger partial charge is 0.388 e. The van der Waals surface area contributed by atoms with E-state index in [1.165, 1.54) is 6.42 Å². The van der Waals surface area contributed by atoms with Crippen LogP contribution in [0.4, 0.5) is 5.82 Å². The molecule has 1 fully saturated rings. The van der Waals surface area contributed by atoms with E-state index in [2.05, 4.69) is 10.3 Å². The van der Waals surface area contributed by atoms with Gasteiger partial charge >= 0.3 is 0 Å². The highest BCUT2D eigenvalue weighted by atomic mass is 32.1. The van der Waals surface area contributed by atoms with Crippen LogP contribution in [0.5, 0.6) is 0 Å². The van der Waals surface area contributed by atoms with Crippen LogP contribution in [0.3, 0.4) is 0 Å². The minimum atomic E-state index is 0.331. The molecule has 4 nitrogen and oxygen atoms in total. The number of thiocarbonyl (C=S) groups is 1. The molecule has 0 radical (unpaired) electrons. The van der Waals surface area contributed by atoms with Crippen molar-refractivity contribution in [3.05, 3.63) is 23.9 Å².